The van der Waals surface area contributed by atoms with E-state index in [1.807, 2.05) is 18.2 Å². The van der Waals surface area contributed by atoms with Crippen LogP contribution in [0, 0.1) is 11.8 Å². The first-order chi connectivity index (χ1) is 20.4. The molecule has 0 spiro atoms. The van der Waals surface area contributed by atoms with E-state index >= 15 is 0 Å². The molecular formula is C34H49N7O2. The minimum absolute atomic E-state index is 0.0825. The van der Waals surface area contributed by atoms with Crippen molar-refractivity contribution in [1.29, 1.82) is 0 Å². The van der Waals surface area contributed by atoms with Gasteiger partial charge in [-0.3, -0.25) is 0 Å². The number of rotatable bonds is 6. The molecule has 4 saturated heterocycles. The first-order valence-corrected chi connectivity index (χ1v) is 15.9. The summed E-state index contributed by atoms with van der Waals surface area (Å²) in [7, 11) is 2.27. The molecule has 0 amide bonds. The molecule has 9 nitrogen and oxygen atoms in total. The van der Waals surface area contributed by atoms with Crippen molar-refractivity contribution in [2.24, 2.45) is 22.6 Å². The van der Waals surface area contributed by atoms with Gasteiger partial charge in [0.1, 0.15) is 23.4 Å². The molecule has 0 bridgehead atoms. The van der Waals surface area contributed by atoms with Crippen LogP contribution in [0.3, 0.4) is 0 Å². The van der Waals surface area contributed by atoms with E-state index in [0.717, 1.165) is 48.3 Å². The van der Waals surface area contributed by atoms with Crippen molar-refractivity contribution >= 4 is 23.0 Å². The maximum absolute atomic E-state index is 10.7. The molecule has 5 atom stereocenters. The van der Waals surface area contributed by atoms with Crippen LogP contribution in [-0.2, 0) is 10.3 Å². The fourth-order valence-electron chi connectivity index (χ4n) is 7.51. The summed E-state index contributed by atoms with van der Waals surface area (Å²) in [6, 6.07) is 15.3. The van der Waals surface area contributed by atoms with E-state index in [1.54, 1.807) is 20.0 Å². The van der Waals surface area contributed by atoms with Gasteiger partial charge in [0.25, 0.3) is 0 Å². The minimum Gasteiger partial charge on any atom is -0.404 e. The lowest BCUT2D eigenvalue weighted by Gasteiger charge is -2.40. The van der Waals surface area contributed by atoms with Crippen LogP contribution in [0.15, 0.2) is 59.2 Å². The zero-order chi connectivity index (χ0) is 30.5. The zero-order valence-corrected chi connectivity index (χ0v) is 26.6. The summed E-state index contributed by atoms with van der Waals surface area (Å²) < 4.78 is 6.25. The van der Waals surface area contributed by atoms with Crippen molar-refractivity contribution in [3.63, 3.8) is 0 Å². The Kier molecular flexibility index (Phi) is 7.94. The van der Waals surface area contributed by atoms with Gasteiger partial charge in [-0.1, -0.05) is 6.07 Å². The minimum atomic E-state index is -1.06. The van der Waals surface area contributed by atoms with Gasteiger partial charge >= 0.3 is 0 Å². The molecule has 4 aliphatic heterocycles. The Hall–Kier alpha value is -3.14. The average Bonchev–Trinajstić information content (AvgIpc) is 3.52. The number of aromatic nitrogens is 1. The Balaban J connectivity index is 1.25. The van der Waals surface area contributed by atoms with Gasteiger partial charge in [-0.2, -0.15) is 0 Å². The SMILES string of the molecule is CC(/N=C1\C(=C/N)C2COC(C)(C)CC2N1c1cccc(C(C)(C)O)n1)Nc1ccc(N2CC3CCCN(C)C3C2)cc1. The summed E-state index contributed by atoms with van der Waals surface area (Å²) in [5, 5.41) is 14.3. The molecule has 2 aromatic rings. The number of likely N-dealkylation sites (N-methyl/N-ethyl adjacent to an activating group) is 1. The molecule has 232 valence electrons. The fourth-order valence-corrected chi connectivity index (χ4v) is 7.51. The maximum Gasteiger partial charge on any atom is 0.136 e. The van der Waals surface area contributed by atoms with Crippen molar-refractivity contribution in [3.8, 4) is 0 Å². The van der Waals surface area contributed by atoms with Crippen LogP contribution in [0.2, 0.25) is 0 Å². The lowest BCUT2D eigenvalue weighted by molar-refractivity contribution is -0.0731. The lowest BCUT2D eigenvalue weighted by atomic mass is 9.85. The summed E-state index contributed by atoms with van der Waals surface area (Å²) in [5.41, 5.74) is 8.85. The number of ether oxygens (including phenoxy) is 1. The quantitative estimate of drug-likeness (QED) is 0.453. The monoisotopic (exact) mass is 587 g/mol. The van der Waals surface area contributed by atoms with Crippen LogP contribution in [0.25, 0.3) is 0 Å². The van der Waals surface area contributed by atoms with Gasteiger partial charge in [-0.25, -0.2) is 9.98 Å². The number of piperidine rings is 1. The number of fused-ring (bicyclic) bond motifs is 2. The number of aliphatic hydroxyl groups is 1. The van der Waals surface area contributed by atoms with Crippen LogP contribution in [-0.4, -0.2) is 78.0 Å². The predicted molar refractivity (Wildman–Crippen MR) is 174 cm³/mol. The highest BCUT2D eigenvalue weighted by atomic mass is 16.5. The van der Waals surface area contributed by atoms with Crippen molar-refractivity contribution in [2.45, 2.75) is 83.3 Å². The maximum atomic E-state index is 10.7. The van der Waals surface area contributed by atoms with Crippen molar-refractivity contribution in [1.82, 2.24) is 9.88 Å². The number of amidine groups is 1. The first-order valence-electron chi connectivity index (χ1n) is 15.9. The molecule has 0 saturated carbocycles. The number of nitrogens with zero attached hydrogens (tertiary/aromatic N) is 5. The van der Waals surface area contributed by atoms with E-state index in [1.165, 1.54) is 25.1 Å². The third-order valence-electron chi connectivity index (χ3n) is 9.81. The number of nitrogens with one attached hydrogen (secondary N) is 1. The van der Waals surface area contributed by atoms with E-state index in [-0.39, 0.29) is 23.7 Å². The van der Waals surface area contributed by atoms with Crippen LogP contribution in [0.1, 0.15) is 59.6 Å². The Morgan fingerprint density at radius 1 is 1.16 bits per heavy atom. The average molecular weight is 588 g/mol. The van der Waals surface area contributed by atoms with E-state index in [4.69, 9.17) is 20.4 Å². The molecule has 1 aromatic heterocycles. The normalized spacial score (nSPS) is 30.0. The molecule has 43 heavy (non-hydrogen) atoms. The standard InChI is InChI=1S/C34H49N7O2/c1-22(36-24-12-14-25(15-13-24)40-19-23-9-8-16-39(6)29(23)20-40)37-32-26(18-35)27-21-43-33(2,3)17-28(27)41(32)31-11-7-10-30(38-31)34(4,5)42/h7,10-15,18,22-23,27-29,36,42H,8-9,16-17,19-21,35H2,1-6H3/b26-18-,37-32+. The number of pyridine rings is 1. The summed E-state index contributed by atoms with van der Waals surface area (Å²) in [4.78, 5) is 17.4. The van der Waals surface area contributed by atoms with Crippen molar-refractivity contribution in [2.75, 3.05) is 48.4 Å². The van der Waals surface area contributed by atoms with Gasteiger partial charge in [-0.05, 0) is 110 Å². The summed E-state index contributed by atoms with van der Waals surface area (Å²) in [6.45, 7) is 13.9. The van der Waals surface area contributed by atoms with Crippen LogP contribution in [0.4, 0.5) is 17.2 Å². The van der Waals surface area contributed by atoms with Gasteiger partial charge in [0, 0.05) is 54.2 Å². The van der Waals surface area contributed by atoms with Gasteiger partial charge in [-0.15, -0.1) is 0 Å². The topological polar surface area (TPSA) is 102 Å². The molecule has 4 aliphatic rings. The molecule has 1 aromatic carbocycles. The number of hydrogen-bond acceptors (Lipinski definition) is 8. The van der Waals surface area contributed by atoms with E-state index in [9.17, 15) is 5.11 Å². The predicted octanol–water partition coefficient (Wildman–Crippen LogP) is 4.54. The second-order valence-electron chi connectivity index (χ2n) is 14.1. The van der Waals surface area contributed by atoms with Crippen LogP contribution < -0.4 is 20.9 Å². The molecule has 5 unspecified atom stereocenters. The van der Waals surface area contributed by atoms with Crippen molar-refractivity contribution in [3.05, 3.63) is 59.9 Å². The Morgan fingerprint density at radius 2 is 1.93 bits per heavy atom. The number of nitrogens with two attached hydrogens (primary N) is 1. The summed E-state index contributed by atoms with van der Waals surface area (Å²) in [6.07, 6.45) is 4.92. The second kappa shape index (κ2) is 11.4. The highest BCUT2D eigenvalue weighted by molar-refractivity contribution is 6.13. The Morgan fingerprint density at radius 3 is 2.63 bits per heavy atom. The number of likely N-dealkylation sites (tertiary alicyclic amines) is 1. The largest absolute Gasteiger partial charge is 0.404 e. The number of anilines is 3. The molecule has 9 heteroatoms. The van der Waals surface area contributed by atoms with E-state index in [0.29, 0.717) is 18.3 Å². The zero-order valence-electron chi connectivity index (χ0n) is 26.6. The Bertz CT molecular complexity index is 1370. The highest BCUT2D eigenvalue weighted by Crippen LogP contribution is 2.43. The highest BCUT2D eigenvalue weighted by Gasteiger charge is 2.49. The van der Waals surface area contributed by atoms with Gasteiger partial charge in [0.2, 0.25) is 0 Å². The Labute approximate surface area is 256 Å². The molecular weight excluding hydrogens is 538 g/mol. The van der Waals surface area contributed by atoms with Crippen LogP contribution in [0.5, 0.6) is 0 Å². The summed E-state index contributed by atoms with van der Waals surface area (Å²) >= 11 is 0. The van der Waals surface area contributed by atoms with Gasteiger partial charge in [0.05, 0.1) is 17.9 Å². The van der Waals surface area contributed by atoms with E-state index in [2.05, 4.69) is 72.1 Å². The lowest BCUT2D eigenvalue weighted by Crippen LogP contribution is -2.47. The molecule has 6 rings (SSSR count). The smallest absolute Gasteiger partial charge is 0.136 e. The van der Waals surface area contributed by atoms with Gasteiger partial charge < -0.3 is 35.6 Å². The third-order valence-corrected chi connectivity index (χ3v) is 9.81. The van der Waals surface area contributed by atoms with E-state index < -0.39 is 5.60 Å². The first kappa shape index (κ1) is 29.9. The number of hydrogen-bond donors (Lipinski definition) is 3. The number of aliphatic imine (C=N–C) groups is 1. The fraction of sp³-hybridized carbons (Fsp3) is 0.588. The molecule has 4 N–H and O–H groups in total. The third kappa shape index (κ3) is 5.99. The molecule has 4 fully saturated rings. The van der Waals surface area contributed by atoms with Crippen molar-refractivity contribution < 1.29 is 9.84 Å². The van der Waals surface area contributed by atoms with Crippen LogP contribution >= 0.6 is 0 Å². The number of benzene rings is 1. The molecule has 5 heterocycles. The van der Waals surface area contributed by atoms with Gasteiger partial charge in [0.15, 0.2) is 0 Å². The molecule has 0 aliphatic carbocycles. The second-order valence-corrected chi connectivity index (χ2v) is 14.1. The summed E-state index contributed by atoms with van der Waals surface area (Å²) in [5.74, 6) is 2.42. The molecule has 0 radical (unpaired) electrons.